The third-order valence-electron chi connectivity index (χ3n) is 6.18. The molecule has 1 saturated carbocycles. The molecular weight excluding hydrogens is 407 g/mol. The Morgan fingerprint density at radius 2 is 1.44 bits per heavy atom. The monoisotopic (exact) mass is 430 g/mol. The second kappa shape index (κ2) is 8.60. The minimum absolute atomic E-state index is 0.333. The number of benzene rings is 3. The van der Waals surface area contributed by atoms with E-state index in [4.69, 9.17) is 0 Å². The first-order chi connectivity index (χ1) is 15.3. The molecule has 1 N–H and O–H groups in total. The zero-order chi connectivity index (χ0) is 22.9. The van der Waals surface area contributed by atoms with Crippen molar-refractivity contribution >= 4 is 17.3 Å². The standard InChI is InChI=1S/C27H23FO4/c1-27(32)16-21(29)23(25(30)17-9-4-2-5-10-17)22(19-13-8-14-20(28)15-19)24(27)26(31)18-11-6-3-7-12-18/h2-15,22-24,32H,16H2,1H3/t22-,23+,24-,27-/m1/s1. The van der Waals surface area contributed by atoms with E-state index < -0.39 is 40.7 Å². The highest BCUT2D eigenvalue weighted by atomic mass is 19.1. The number of carbonyl (C=O) groups excluding carboxylic acids is 3. The molecule has 162 valence electrons. The quantitative estimate of drug-likeness (QED) is 0.473. The smallest absolute Gasteiger partial charge is 0.173 e. The van der Waals surface area contributed by atoms with Crippen molar-refractivity contribution in [2.75, 3.05) is 0 Å². The average molecular weight is 430 g/mol. The fourth-order valence-electron chi connectivity index (χ4n) is 4.77. The summed E-state index contributed by atoms with van der Waals surface area (Å²) in [5.74, 6) is -5.16. The molecule has 0 radical (unpaired) electrons. The average Bonchev–Trinajstić information content (AvgIpc) is 2.78. The highest BCUT2D eigenvalue weighted by Gasteiger charge is 2.55. The lowest BCUT2D eigenvalue weighted by Gasteiger charge is -2.45. The SMILES string of the molecule is C[C@@]1(O)CC(=O)[C@H](C(=O)c2ccccc2)[C@@H](c2cccc(F)c2)[C@@H]1C(=O)c1ccccc1. The molecule has 0 amide bonds. The van der Waals surface area contributed by atoms with Crippen LogP contribution < -0.4 is 0 Å². The van der Waals surface area contributed by atoms with Crippen LogP contribution >= 0.6 is 0 Å². The molecule has 4 rings (SSSR count). The van der Waals surface area contributed by atoms with Gasteiger partial charge in [-0.15, -0.1) is 0 Å². The lowest BCUT2D eigenvalue weighted by atomic mass is 9.58. The van der Waals surface area contributed by atoms with Gasteiger partial charge in [0.25, 0.3) is 0 Å². The van der Waals surface area contributed by atoms with Crippen molar-refractivity contribution in [2.45, 2.75) is 24.9 Å². The summed E-state index contributed by atoms with van der Waals surface area (Å²) < 4.78 is 14.2. The summed E-state index contributed by atoms with van der Waals surface area (Å²) in [6.07, 6.45) is -0.342. The van der Waals surface area contributed by atoms with Gasteiger partial charge in [0.05, 0.1) is 17.4 Å². The Balaban J connectivity index is 1.90. The molecule has 0 aromatic heterocycles. The molecule has 1 aliphatic rings. The van der Waals surface area contributed by atoms with E-state index in [2.05, 4.69) is 0 Å². The number of Topliss-reactive ketones (excluding diaryl/α,β-unsaturated/α-hetero) is 3. The van der Waals surface area contributed by atoms with Gasteiger partial charge in [0.2, 0.25) is 0 Å². The second-order valence-corrected chi connectivity index (χ2v) is 8.50. The predicted octanol–water partition coefficient (Wildman–Crippen LogP) is 4.63. The number of hydrogen-bond donors (Lipinski definition) is 1. The molecule has 4 nitrogen and oxygen atoms in total. The van der Waals surface area contributed by atoms with Gasteiger partial charge in [0, 0.05) is 23.5 Å². The van der Waals surface area contributed by atoms with Gasteiger partial charge in [-0.1, -0.05) is 72.8 Å². The molecule has 0 aliphatic heterocycles. The van der Waals surface area contributed by atoms with Crippen molar-refractivity contribution in [2.24, 2.45) is 11.8 Å². The highest BCUT2D eigenvalue weighted by Crippen LogP contribution is 2.48. The van der Waals surface area contributed by atoms with Crippen LogP contribution in [0.25, 0.3) is 0 Å². The van der Waals surface area contributed by atoms with Crippen LogP contribution in [0.1, 0.15) is 45.5 Å². The molecule has 3 aromatic rings. The number of rotatable bonds is 5. The van der Waals surface area contributed by atoms with Crippen molar-refractivity contribution in [1.82, 2.24) is 0 Å². The summed E-state index contributed by atoms with van der Waals surface area (Å²) in [7, 11) is 0. The lowest BCUT2D eigenvalue weighted by molar-refractivity contribution is -0.134. The van der Waals surface area contributed by atoms with Gasteiger partial charge >= 0.3 is 0 Å². The number of ketones is 3. The maximum absolute atomic E-state index is 14.2. The van der Waals surface area contributed by atoms with E-state index in [0.29, 0.717) is 16.7 Å². The van der Waals surface area contributed by atoms with Gasteiger partial charge in [-0.25, -0.2) is 4.39 Å². The Bertz CT molecular complexity index is 1150. The van der Waals surface area contributed by atoms with Crippen LogP contribution in [-0.2, 0) is 4.79 Å². The molecule has 3 aromatic carbocycles. The fraction of sp³-hybridized carbons (Fsp3) is 0.222. The van der Waals surface area contributed by atoms with Crippen LogP contribution in [0.2, 0.25) is 0 Å². The Labute approximate surface area is 185 Å². The first-order valence-electron chi connectivity index (χ1n) is 10.5. The minimum Gasteiger partial charge on any atom is -0.389 e. The molecule has 1 fully saturated rings. The Kier molecular flexibility index (Phi) is 5.85. The first-order valence-corrected chi connectivity index (χ1v) is 10.5. The van der Waals surface area contributed by atoms with E-state index in [-0.39, 0.29) is 12.2 Å². The van der Waals surface area contributed by atoms with Crippen LogP contribution in [-0.4, -0.2) is 28.1 Å². The molecular formula is C27H23FO4. The molecule has 0 saturated heterocycles. The molecule has 0 spiro atoms. The number of carbonyl (C=O) groups is 3. The second-order valence-electron chi connectivity index (χ2n) is 8.50. The van der Waals surface area contributed by atoms with Gasteiger partial charge in [-0.3, -0.25) is 14.4 Å². The van der Waals surface area contributed by atoms with E-state index >= 15 is 0 Å². The molecule has 32 heavy (non-hydrogen) atoms. The van der Waals surface area contributed by atoms with Crippen LogP contribution in [0.5, 0.6) is 0 Å². The van der Waals surface area contributed by atoms with Crippen LogP contribution in [0.4, 0.5) is 4.39 Å². The summed E-state index contributed by atoms with van der Waals surface area (Å²) >= 11 is 0. The molecule has 0 bridgehead atoms. The van der Waals surface area contributed by atoms with Gasteiger partial charge in [-0.05, 0) is 24.6 Å². The van der Waals surface area contributed by atoms with Crippen LogP contribution in [0, 0.1) is 17.7 Å². The Morgan fingerprint density at radius 1 is 0.875 bits per heavy atom. The lowest BCUT2D eigenvalue weighted by Crippen LogP contribution is -2.54. The van der Waals surface area contributed by atoms with Crippen LogP contribution in [0.15, 0.2) is 84.9 Å². The van der Waals surface area contributed by atoms with E-state index in [1.165, 1.54) is 25.1 Å². The van der Waals surface area contributed by atoms with Crippen molar-refractivity contribution in [1.29, 1.82) is 0 Å². The zero-order valence-electron chi connectivity index (χ0n) is 17.6. The summed E-state index contributed by atoms with van der Waals surface area (Å²) in [6.45, 7) is 1.44. The maximum Gasteiger partial charge on any atom is 0.173 e. The molecule has 5 heteroatoms. The van der Waals surface area contributed by atoms with E-state index in [1.54, 1.807) is 66.7 Å². The van der Waals surface area contributed by atoms with E-state index in [9.17, 15) is 23.9 Å². The van der Waals surface area contributed by atoms with Crippen molar-refractivity contribution < 1.29 is 23.9 Å². The largest absolute Gasteiger partial charge is 0.389 e. The van der Waals surface area contributed by atoms with Gasteiger partial charge in [0.15, 0.2) is 11.6 Å². The van der Waals surface area contributed by atoms with Gasteiger partial charge < -0.3 is 5.11 Å². The summed E-state index contributed by atoms with van der Waals surface area (Å²) in [6, 6.07) is 22.4. The molecule has 1 aliphatic carbocycles. The minimum atomic E-state index is -1.70. The van der Waals surface area contributed by atoms with E-state index in [1.807, 2.05) is 0 Å². The number of halogens is 1. The van der Waals surface area contributed by atoms with Gasteiger partial charge in [0.1, 0.15) is 11.6 Å². The third kappa shape index (κ3) is 4.04. The number of hydrogen-bond acceptors (Lipinski definition) is 4. The van der Waals surface area contributed by atoms with Crippen molar-refractivity contribution in [3.05, 3.63) is 107 Å². The maximum atomic E-state index is 14.2. The van der Waals surface area contributed by atoms with Gasteiger partial charge in [-0.2, -0.15) is 0 Å². The number of aliphatic hydroxyl groups is 1. The van der Waals surface area contributed by atoms with Crippen molar-refractivity contribution in [3.63, 3.8) is 0 Å². The Morgan fingerprint density at radius 3 is 2.00 bits per heavy atom. The molecule has 0 unspecified atom stereocenters. The zero-order valence-corrected chi connectivity index (χ0v) is 17.6. The molecule has 0 heterocycles. The normalized spacial score (nSPS) is 25.3. The summed E-state index contributed by atoms with van der Waals surface area (Å²) in [5, 5.41) is 11.3. The van der Waals surface area contributed by atoms with E-state index in [0.717, 1.165) is 0 Å². The summed E-state index contributed by atoms with van der Waals surface area (Å²) in [4.78, 5) is 40.3. The summed E-state index contributed by atoms with van der Waals surface area (Å²) in [5.41, 5.74) is -0.671. The third-order valence-corrected chi connectivity index (χ3v) is 6.18. The molecule has 4 atom stereocenters. The van der Waals surface area contributed by atoms with Crippen LogP contribution in [0.3, 0.4) is 0 Å². The highest BCUT2D eigenvalue weighted by molar-refractivity contribution is 6.13. The fourth-order valence-corrected chi connectivity index (χ4v) is 4.77. The Hall–Kier alpha value is -3.44. The topological polar surface area (TPSA) is 71.4 Å². The predicted molar refractivity (Wildman–Crippen MR) is 118 cm³/mol. The first kappa shape index (κ1) is 21.8. The van der Waals surface area contributed by atoms with Crippen molar-refractivity contribution in [3.8, 4) is 0 Å².